The predicted octanol–water partition coefficient (Wildman–Crippen LogP) is 1.59. The molecule has 1 fully saturated rings. The zero-order valence-electron chi connectivity index (χ0n) is 13.5. The third kappa shape index (κ3) is 4.58. The van der Waals surface area contributed by atoms with Crippen LogP contribution in [0.3, 0.4) is 0 Å². The smallest absolute Gasteiger partial charge is 0.239 e. The van der Waals surface area contributed by atoms with Crippen LogP contribution in [0.25, 0.3) is 0 Å². The maximum absolute atomic E-state index is 12.9. The van der Waals surface area contributed by atoms with E-state index in [1.54, 1.807) is 7.05 Å². The Kier molecular flexibility index (Phi) is 6.82. The highest BCUT2D eigenvalue weighted by molar-refractivity contribution is 7.85. The number of tetrazole rings is 1. The molecule has 132 valence electrons. The van der Waals surface area contributed by atoms with E-state index in [1.165, 1.54) is 16.8 Å². The number of rotatable bonds is 5. The summed E-state index contributed by atoms with van der Waals surface area (Å²) in [4.78, 5) is 2.37. The fourth-order valence-electron chi connectivity index (χ4n) is 2.83. The molecule has 1 atom stereocenters. The van der Waals surface area contributed by atoms with E-state index in [2.05, 4.69) is 20.4 Å². The van der Waals surface area contributed by atoms with Crippen molar-refractivity contribution in [2.45, 2.75) is 29.7 Å². The second-order valence-electron chi connectivity index (χ2n) is 5.80. The molecule has 0 saturated carbocycles. The number of piperidine rings is 1. The number of aryl methyl sites for hydroxylation is 1. The van der Waals surface area contributed by atoms with Gasteiger partial charge in [-0.25, -0.2) is 9.07 Å². The van der Waals surface area contributed by atoms with Gasteiger partial charge in [0.2, 0.25) is 5.16 Å². The fourth-order valence-corrected chi connectivity index (χ4v) is 4.18. The normalized spacial score (nSPS) is 17.4. The van der Waals surface area contributed by atoms with Gasteiger partial charge < -0.3 is 4.90 Å². The lowest BCUT2D eigenvalue weighted by atomic mass is 10.1. The summed E-state index contributed by atoms with van der Waals surface area (Å²) in [6, 6.07) is 6.66. The van der Waals surface area contributed by atoms with Gasteiger partial charge in [-0.3, -0.25) is 4.21 Å². The number of halogens is 2. The Morgan fingerprint density at radius 2 is 1.92 bits per heavy atom. The third-order valence-corrected chi connectivity index (χ3v) is 6.01. The molecular weight excluding hydrogens is 353 g/mol. The van der Waals surface area contributed by atoms with Crippen LogP contribution < -0.4 is 0 Å². The van der Waals surface area contributed by atoms with Crippen LogP contribution in [0.4, 0.5) is 4.39 Å². The summed E-state index contributed by atoms with van der Waals surface area (Å²) >= 11 is 0. The van der Waals surface area contributed by atoms with Gasteiger partial charge in [0.15, 0.2) is 0 Å². The first kappa shape index (κ1) is 19.0. The lowest BCUT2D eigenvalue weighted by molar-refractivity contribution is 0.234. The largest absolute Gasteiger partial charge is 0.303 e. The maximum Gasteiger partial charge on any atom is 0.239 e. The molecule has 0 aliphatic carbocycles. The van der Waals surface area contributed by atoms with Crippen molar-refractivity contribution >= 4 is 23.2 Å². The lowest BCUT2D eigenvalue weighted by Crippen LogP contribution is -2.39. The maximum atomic E-state index is 12.9. The standard InChI is InChI=1S/C15H20FN5OS.ClH/c1-20-15(17-18-19-20)23(22)14-7-10-21(11-8-14)9-6-12-2-4-13(16)5-3-12;/h2-5,14H,6-11H2,1H3;1H. The van der Waals surface area contributed by atoms with E-state index >= 15 is 0 Å². The van der Waals surface area contributed by atoms with E-state index in [0.717, 1.165) is 44.5 Å². The van der Waals surface area contributed by atoms with Crippen molar-refractivity contribution in [3.63, 3.8) is 0 Å². The van der Waals surface area contributed by atoms with Crippen molar-refractivity contribution in [1.29, 1.82) is 0 Å². The predicted molar refractivity (Wildman–Crippen MR) is 92.0 cm³/mol. The van der Waals surface area contributed by atoms with Gasteiger partial charge in [0.05, 0.1) is 10.8 Å². The Balaban J connectivity index is 0.00000208. The van der Waals surface area contributed by atoms with E-state index in [9.17, 15) is 8.60 Å². The number of benzene rings is 1. The van der Waals surface area contributed by atoms with Crippen molar-refractivity contribution < 1.29 is 8.60 Å². The Labute approximate surface area is 149 Å². The van der Waals surface area contributed by atoms with Gasteiger partial charge >= 0.3 is 0 Å². The van der Waals surface area contributed by atoms with Gasteiger partial charge in [0, 0.05) is 18.8 Å². The monoisotopic (exact) mass is 373 g/mol. The summed E-state index contributed by atoms with van der Waals surface area (Å²) in [6.45, 7) is 2.78. The molecule has 1 saturated heterocycles. The van der Waals surface area contributed by atoms with Gasteiger partial charge in [-0.05, 0) is 60.5 Å². The van der Waals surface area contributed by atoms with Crippen LogP contribution in [0.15, 0.2) is 29.4 Å². The number of hydrogen-bond acceptors (Lipinski definition) is 5. The van der Waals surface area contributed by atoms with E-state index < -0.39 is 10.8 Å². The van der Waals surface area contributed by atoms with Crippen LogP contribution in [0.1, 0.15) is 18.4 Å². The first-order valence-corrected chi connectivity index (χ1v) is 8.94. The second kappa shape index (κ2) is 8.64. The average Bonchev–Trinajstić information content (AvgIpc) is 3.00. The van der Waals surface area contributed by atoms with Crippen LogP contribution in [0, 0.1) is 5.82 Å². The molecule has 0 N–H and O–H groups in total. The van der Waals surface area contributed by atoms with Crippen LogP contribution >= 0.6 is 12.4 Å². The molecule has 0 spiro atoms. The Bertz CT molecular complexity index is 673. The molecule has 2 aromatic rings. The molecule has 1 aliphatic rings. The zero-order valence-corrected chi connectivity index (χ0v) is 15.1. The molecule has 24 heavy (non-hydrogen) atoms. The van der Waals surface area contributed by atoms with Crippen molar-refractivity contribution in [3.05, 3.63) is 35.6 Å². The number of nitrogens with zero attached hydrogens (tertiary/aromatic N) is 5. The molecule has 0 radical (unpaired) electrons. The SMILES string of the molecule is Cl.Cn1nnnc1S(=O)C1CCN(CCc2ccc(F)cc2)CC1. The van der Waals surface area contributed by atoms with Gasteiger partial charge in [0.1, 0.15) is 5.82 Å². The first-order valence-electron chi connectivity index (χ1n) is 7.73. The van der Waals surface area contributed by atoms with E-state index in [-0.39, 0.29) is 23.5 Å². The molecule has 1 aromatic heterocycles. The number of aromatic nitrogens is 4. The molecule has 1 aromatic carbocycles. The lowest BCUT2D eigenvalue weighted by Gasteiger charge is -2.31. The average molecular weight is 374 g/mol. The number of hydrogen-bond donors (Lipinski definition) is 0. The first-order chi connectivity index (χ1) is 11.1. The summed E-state index contributed by atoms with van der Waals surface area (Å²) < 4.78 is 26.9. The fraction of sp³-hybridized carbons (Fsp3) is 0.533. The van der Waals surface area contributed by atoms with Crippen LogP contribution in [-0.4, -0.2) is 54.2 Å². The van der Waals surface area contributed by atoms with Gasteiger partial charge in [0.25, 0.3) is 0 Å². The summed E-state index contributed by atoms with van der Waals surface area (Å²) in [5.74, 6) is -0.199. The van der Waals surface area contributed by atoms with Crippen molar-refractivity contribution in [1.82, 2.24) is 25.1 Å². The Morgan fingerprint density at radius 1 is 1.25 bits per heavy atom. The van der Waals surface area contributed by atoms with Crippen LogP contribution in [0.2, 0.25) is 0 Å². The molecule has 1 unspecified atom stereocenters. The van der Waals surface area contributed by atoms with Crippen LogP contribution in [0.5, 0.6) is 0 Å². The van der Waals surface area contributed by atoms with Crippen molar-refractivity contribution in [2.75, 3.05) is 19.6 Å². The highest BCUT2D eigenvalue weighted by Gasteiger charge is 2.27. The Morgan fingerprint density at radius 3 is 2.50 bits per heavy atom. The quantitative estimate of drug-likeness (QED) is 0.796. The molecule has 3 rings (SSSR count). The molecule has 9 heteroatoms. The topological polar surface area (TPSA) is 63.9 Å². The van der Waals surface area contributed by atoms with Crippen molar-refractivity contribution in [2.24, 2.45) is 7.05 Å². The Hall–Kier alpha value is -1.38. The number of likely N-dealkylation sites (tertiary alicyclic amines) is 1. The molecule has 2 heterocycles. The van der Waals surface area contributed by atoms with Gasteiger partial charge in [-0.2, -0.15) is 0 Å². The summed E-state index contributed by atoms with van der Waals surface area (Å²) in [7, 11) is 0.564. The molecule has 0 bridgehead atoms. The van der Waals surface area contributed by atoms with E-state index in [0.29, 0.717) is 5.16 Å². The molecule has 1 aliphatic heterocycles. The molecule has 0 amide bonds. The van der Waals surface area contributed by atoms with E-state index in [4.69, 9.17) is 0 Å². The van der Waals surface area contributed by atoms with Gasteiger partial charge in [-0.1, -0.05) is 17.2 Å². The minimum atomic E-state index is -1.15. The van der Waals surface area contributed by atoms with E-state index in [1.807, 2.05) is 12.1 Å². The highest BCUT2D eigenvalue weighted by atomic mass is 35.5. The molecule has 6 nitrogen and oxygen atoms in total. The highest BCUT2D eigenvalue weighted by Crippen LogP contribution is 2.19. The minimum Gasteiger partial charge on any atom is -0.303 e. The minimum absolute atomic E-state index is 0. The molecular formula is C15H21ClFN5OS. The van der Waals surface area contributed by atoms with Crippen LogP contribution in [-0.2, 0) is 24.3 Å². The van der Waals surface area contributed by atoms with Gasteiger partial charge in [-0.15, -0.1) is 12.4 Å². The summed E-state index contributed by atoms with van der Waals surface area (Å²) in [5.41, 5.74) is 1.14. The zero-order chi connectivity index (χ0) is 16.2. The third-order valence-electron chi connectivity index (χ3n) is 4.23. The summed E-state index contributed by atoms with van der Waals surface area (Å²) in [6.07, 6.45) is 2.66. The van der Waals surface area contributed by atoms with Crippen molar-refractivity contribution in [3.8, 4) is 0 Å². The second-order valence-corrected chi connectivity index (χ2v) is 7.43. The summed E-state index contributed by atoms with van der Waals surface area (Å²) in [5, 5.41) is 11.7.